The minimum atomic E-state index is -0.285. The largest absolute Gasteiger partial charge is 0.508 e. The van der Waals surface area contributed by atoms with Gasteiger partial charge in [-0.1, -0.05) is 30.3 Å². The highest BCUT2D eigenvalue weighted by Gasteiger charge is 2.35. The zero-order chi connectivity index (χ0) is 18.8. The summed E-state index contributed by atoms with van der Waals surface area (Å²) in [7, 11) is 0. The summed E-state index contributed by atoms with van der Waals surface area (Å²) in [5, 5.41) is 9.19. The number of phenolic OH excluding ortho intramolecular Hbond substituents is 1. The summed E-state index contributed by atoms with van der Waals surface area (Å²) < 4.78 is 1.89. The van der Waals surface area contributed by atoms with Gasteiger partial charge in [-0.25, -0.2) is 0 Å². The summed E-state index contributed by atoms with van der Waals surface area (Å²) in [5.74, 6) is -0.0956. The van der Waals surface area contributed by atoms with E-state index < -0.39 is 0 Å². The average Bonchev–Trinajstić information content (AvgIpc) is 3.24. The highest BCUT2D eigenvalue weighted by molar-refractivity contribution is 8.18. The van der Waals surface area contributed by atoms with Gasteiger partial charge < -0.3 is 9.67 Å². The molecule has 5 nitrogen and oxygen atoms in total. The summed E-state index contributed by atoms with van der Waals surface area (Å²) in [6, 6.07) is 20.0. The summed E-state index contributed by atoms with van der Waals surface area (Å²) in [4.78, 5) is 26.7. The molecular formula is C21H16N2O3S. The van der Waals surface area contributed by atoms with Crippen LogP contribution < -0.4 is 0 Å². The molecule has 2 aromatic carbocycles. The second kappa shape index (κ2) is 7.17. The van der Waals surface area contributed by atoms with Crippen molar-refractivity contribution in [1.82, 2.24) is 9.47 Å². The molecule has 0 bridgehead atoms. The zero-order valence-electron chi connectivity index (χ0n) is 14.3. The Morgan fingerprint density at radius 1 is 0.926 bits per heavy atom. The number of amides is 2. The Bertz CT molecular complexity index is 1020. The predicted molar refractivity (Wildman–Crippen MR) is 105 cm³/mol. The first-order valence-electron chi connectivity index (χ1n) is 8.38. The molecule has 0 spiro atoms. The van der Waals surface area contributed by atoms with Crippen molar-refractivity contribution in [3.05, 3.63) is 89.1 Å². The van der Waals surface area contributed by atoms with E-state index in [2.05, 4.69) is 0 Å². The lowest BCUT2D eigenvalue weighted by Crippen LogP contribution is -2.27. The lowest BCUT2D eigenvalue weighted by molar-refractivity contribution is -0.123. The molecule has 1 N–H and O–H groups in total. The first kappa shape index (κ1) is 17.2. The average molecular weight is 376 g/mol. The summed E-state index contributed by atoms with van der Waals surface area (Å²) in [6.45, 7) is 0.266. The minimum absolute atomic E-state index is 0.189. The van der Waals surface area contributed by atoms with Crippen LogP contribution in [0.4, 0.5) is 4.79 Å². The van der Waals surface area contributed by atoms with Crippen molar-refractivity contribution >= 4 is 29.0 Å². The summed E-state index contributed by atoms with van der Waals surface area (Å²) in [6.07, 6.45) is 3.59. The molecular weight excluding hydrogens is 360 g/mol. The quantitative estimate of drug-likeness (QED) is 0.685. The molecule has 0 saturated carbocycles. The third kappa shape index (κ3) is 3.52. The molecule has 2 amide bonds. The standard InChI is InChI=1S/C21H16N2O3S/c24-18-10-8-16(9-11-18)22-12-4-7-17(22)13-19-20(25)23(21(26)27-19)14-15-5-2-1-3-6-15/h1-13,24H,14H2/b19-13-. The second-order valence-corrected chi connectivity index (χ2v) is 7.07. The topological polar surface area (TPSA) is 62.5 Å². The van der Waals surface area contributed by atoms with Gasteiger partial charge in [0.25, 0.3) is 11.1 Å². The SMILES string of the molecule is O=C1S/C(=C\c2cccn2-c2ccc(O)cc2)C(=O)N1Cc1ccccc1. The second-order valence-electron chi connectivity index (χ2n) is 6.07. The van der Waals surface area contributed by atoms with Gasteiger partial charge in [-0.3, -0.25) is 14.5 Å². The van der Waals surface area contributed by atoms with Gasteiger partial charge in [-0.05, 0) is 59.8 Å². The fourth-order valence-electron chi connectivity index (χ4n) is 2.90. The number of aromatic hydroxyl groups is 1. The molecule has 1 saturated heterocycles. The number of imide groups is 1. The van der Waals surface area contributed by atoms with Gasteiger partial charge >= 0.3 is 0 Å². The summed E-state index contributed by atoms with van der Waals surface area (Å²) >= 11 is 0.951. The van der Waals surface area contributed by atoms with E-state index in [9.17, 15) is 14.7 Å². The van der Waals surface area contributed by atoms with Crippen molar-refractivity contribution in [2.45, 2.75) is 6.54 Å². The maximum Gasteiger partial charge on any atom is 0.293 e. The van der Waals surface area contributed by atoms with E-state index in [-0.39, 0.29) is 23.4 Å². The first-order chi connectivity index (χ1) is 13.1. The summed E-state index contributed by atoms with van der Waals surface area (Å²) in [5.41, 5.74) is 2.55. The van der Waals surface area contributed by atoms with Crippen molar-refractivity contribution in [1.29, 1.82) is 0 Å². The molecule has 27 heavy (non-hydrogen) atoms. The Morgan fingerprint density at radius 3 is 2.41 bits per heavy atom. The number of rotatable bonds is 4. The molecule has 0 aliphatic carbocycles. The van der Waals surface area contributed by atoms with Gasteiger partial charge in [0.1, 0.15) is 5.75 Å². The van der Waals surface area contributed by atoms with E-state index in [1.165, 1.54) is 4.90 Å². The molecule has 0 radical (unpaired) electrons. The molecule has 1 aliphatic rings. The van der Waals surface area contributed by atoms with E-state index in [0.29, 0.717) is 4.91 Å². The fraction of sp³-hybridized carbons (Fsp3) is 0.0476. The van der Waals surface area contributed by atoms with Gasteiger partial charge in [0.15, 0.2) is 0 Å². The van der Waals surface area contributed by atoms with Crippen LogP contribution in [0, 0.1) is 0 Å². The van der Waals surface area contributed by atoms with Crippen molar-refractivity contribution in [3.8, 4) is 11.4 Å². The van der Waals surface area contributed by atoms with Crippen molar-refractivity contribution in [2.75, 3.05) is 0 Å². The predicted octanol–water partition coefficient (Wildman–Crippen LogP) is 4.42. The van der Waals surface area contributed by atoms with Crippen LogP contribution >= 0.6 is 11.8 Å². The Labute approximate surface area is 160 Å². The van der Waals surface area contributed by atoms with Crippen LogP contribution in [0.3, 0.4) is 0 Å². The van der Waals surface area contributed by atoms with Gasteiger partial charge in [0.05, 0.1) is 11.4 Å². The van der Waals surface area contributed by atoms with Crippen LogP contribution in [0.1, 0.15) is 11.3 Å². The fourth-order valence-corrected chi connectivity index (χ4v) is 3.72. The van der Waals surface area contributed by atoms with Crippen LogP contribution in [0.25, 0.3) is 11.8 Å². The molecule has 1 aromatic heterocycles. The number of nitrogens with zero attached hydrogens (tertiary/aromatic N) is 2. The molecule has 0 atom stereocenters. The van der Waals surface area contributed by atoms with Crippen molar-refractivity contribution in [3.63, 3.8) is 0 Å². The molecule has 4 rings (SSSR count). The smallest absolute Gasteiger partial charge is 0.293 e. The maximum absolute atomic E-state index is 12.7. The van der Waals surface area contributed by atoms with E-state index in [0.717, 1.165) is 28.7 Å². The highest BCUT2D eigenvalue weighted by Crippen LogP contribution is 2.33. The van der Waals surface area contributed by atoms with Gasteiger partial charge in [0.2, 0.25) is 0 Å². The Balaban J connectivity index is 1.60. The number of aromatic nitrogens is 1. The molecule has 134 valence electrons. The van der Waals surface area contributed by atoms with Gasteiger partial charge in [0, 0.05) is 17.6 Å². The number of hydrogen-bond donors (Lipinski definition) is 1. The van der Waals surface area contributed by atoms with E-state index in [1.807, 2.05) is 53.2 Å². The van der Waals surface area contributed by atoms with Crippen molar-refractivity contribution in [2.24, 2.45) is 0 Å². The van der Waals surface area contributed by atoms with E-state index in [4.69, 9.17) is 0 Å². The van der Waals surface area contributed by atoms with E-state index in [1.54, 1.807) is 30.3 Å². The molecule has 0 unspecified atom stereocenters. The van der Waals surface area contributed by atoms with Crippen molar-refractivity contribution < 1.29 is 14.7 Å². The molecule has 6 heteroatoms. The Morgan fingerprint density at radius 2 is 1.67 bits per heavy atom. The van der Waals surface area contributed by atoms with Crippen LogP contribution in [0.15, 0.2) is 77.8 Å². The third-order valence-electron chi connectivity index (χ3n) is 4.24. The lowest BCUT2D eigenvalue weighted by Gasteiger charge is -2.12. The maximum atomic E-state index is 12.7. The third-order valence-corrected chi connectivity index (χ3v) is 5.15. The first-order valence-corrected chi connectivity index (χ1v) is 9.19. The number of carbonyl (C=O) groups excluding carboxylic acids is 2. The number of benzene rings is 2. The molecule has 1 aliphatic heterocycles. The Kier molecular flexibility index (Phi) is 4.56. The molecule has 3 aromatic rings. The van der Waals surface area contributed by atoms with Crippen LogP contribution in [-0.2, 0) is 11.3 Å². The minimum Gasteiger partial charge on any atom is -0.508 e. The zero-order valence-corrected chi connectivity index (χ0v) is 15.1. The number of hydrogen-bond acceptors (Lipinski definition) is 4. The normalized spacial score (nSPS) is 15.7. The Hall–Kier alpha value is -3.25. The van der Waals surface area contributed by atoms with Crippen LogP contribution in [-0.4, -0.2) is 25.7 Å². The number of thioether (sulfide) groups is 1. The van der Waals surface area contributed by atoms with Crippen LogP contribution in [0.2, 0.25) is 0 Å². The van der Waals surface area contributed by atoms with E-state index >= 15 is 0 Å². The monoisotopic (exact) mass is 376 g/mol. The van der Waals surface area contributed by atoms with Crippen LogP contribution in [0.5, 0.6) is 5.75 Å². The number of carbonyl (C=O) groups is 2. The van der Waals surface area contributed by atoms with Gasteiger partial charge in [-0.15, -0.1) is 0 Å². The molecule has 1 fully saturated rings. The van der Waals surface area contributed by atoms with Gasteiger partial charge in [-0.2, -0.15) is 0 Å². The highest BCUT2D eigenvalue weighted by atomic mass is 32.2. The lowest BCUT2D eigenvalue weighted by atomic mass is 10.2. The molecule has 2 heterocycles. The number of phenols is 1.